The number of rotatable bonds is 4. The molecule has 1 saturated carbocycles. The zero-order valence-corrected chi connectivity index (χ0v) is 11.3. The average molecular weight is 311 g/mol. The van der Waals surface area contributed by atoms with Crippen molar-refractivity contribution in [1.29, 1.82) is 5.26 Å². The summed E-state index contributed by atoms with van der Waals surface area (Å²) in [5.41, 5.74) is 0.0577. The van der Waals surface area contributed by atoms with Crippen molar-refractivity contribution >= 4 is 21.8 Å². The number of hydrogen-bond acceptors (Lipinski definition) is 2. The van der Waals surface area contributed by atoms with Crippen molar-refractivity contribution in [3.63, 3.8) is 0 Å². The van der Waals surface area contributed by atoms with Crippen molar-refractivity contribution in [3.8, 4) is 6.07 Å². The zero-order chi connectivity index (χ0) is 13.1. The highest BCUT2D eigenvalue weighted by Crippen LogP contribution is 2.30. The third kappa shape index (κ3) is 2.70. The first-order valence-corrected chi connectivity index (χ1v) is 6.56. The van der Waals surface area contributed by atoms with Crippen LogP contribution < -0.4 is 0 Å². The Hall–Kier alpha value is -1.41. The molecule has 1 amide bonds. The van der Waals surface area contributed by atoms with Gasteiger partial charge in [-0.2, -0.15) is 5.26 Å². The molecular weight excluding hydrogens is 299 g/mol. The molecule has 0 bridgehead atoms. The van der Waals surface area contributed by atoms with Gasteiger partial charge in [-0.25, -0.2) is 4.39 Å². The Balaban J connectivity index is 2.25. The van der Waals surface area contributed by atoms with Crippen LogP contribution in [0.3, 0.4) is 0 Å². The van der Waals surface area contributed by atoms with Crippen LogP contribution in [-0.4, -0.2) is 23.4 Å². The number of benzene rings is 1. The predicted octanol–water partition coefficient (Wildman–Crippen LogP) is 3.11. The Bertz CT molecular complexity index is 488. The predicted molar refractivity (Wildman–Crippen MR) is 68.4 cm³/mol. The number of amides is 1. The molecule has 0 atom stereocenters. The van der Waals surface area contributed by atoms with E-state index in [1.807, 2.05) is 6.07 Å². The highest BCUT2D eigenvalue weighted by atomic mass is 79.9. The first-order valence-electron chi connectivity index (χ1n) is 5.77. The molecule has 94 valence electrons. The molecular formula is C13H12BrFN2O. The van der Waals surface area contributed by atoms with Crippen LogP contribution in [0.25, 0.3) is 0 Å². The quantitative estimate of drug-likeness (QED) is 0.857. The normalized spacial score (nSPS) is 14.1. The lowest BCUT2D eigenvalue weighted by atomic mass is 10.1. The maximum atomic E-state index is 13.7. The van der Waals surface area contributed by atoms with E-state index in [1.54, 1.807) is 17.0 Å². The molecule has 0 radical (unpaired) electrons. The summed E-state index contributed by atoms with van der Waals surface area (Å²) in [6.45, 7) is 0.362. The Labute approximate surface area is 113 Å². The van der Waals surface area contributed by atoms with Crippen molar-refractivity contribution < 1.29 is 9.18 Å². The summed E-state index contributed by atoms with van der Waals surface area (Å²) in [6, 6.07) is 6.65. The number of carbonyl (C=O) groups is 1. The van der Waals surface area contributed by atoms with Gasteiger partial charge in [0.25, 0.3) is 5.91 Å². The SMILES string of the molecule is N#CCCN(C(=O)c1c(F)cccc1Br)C1CC1. The first-order chi connectivity index (χ1) is 8.65. The summed E-state index contributed by atoms with van der Waals surface area (Å²) in [4.78, 5) is 13.9. The van der Waals surface area contributed by atoms with Crippen LogP contribution in [-0.2, 0) is 0 Å². The van der Waals surface area contributed by atoms with Gasteiger partial charge in [0.05, 0.1) is 18.1 Å². The van der Waals surface area contributed by atoms with Gasteiger partial charge in [-0.15, -0.1) is 0 Å². The van der Waals surface area contributed by atoms with Crippen LogP contribution in [0.15, 0.2) is 22.7 Å². The van der Waals surface area contributed by atoms with Gasteiger partial charge < -0.3 is 4.90 Å². The van der Waals surface area contributed by atoms with Crippen LogP contribution in [0.2, 0.25) is 0 Å². The van der Waals surface area contributed by atoms with Crippen LogP contribution in [0.4, 0.5) is 4.39 Å². The first kappa shape index (κ1) is 13.0. The van der Waals surface area contributed by atoms with E-state index in [1.165, 1.54) is 6.07 Å². The zero-order valence-electron chi connectivity index (χ0n) is 9.70. The second-order valence-corrected chi connectivity index (χ2v) is 5.09. The molecule has 5 heteroatoms. The van der Waals surface area contributed by atoms with Crippen molar-refractivity contribution in [2.24, 2.45) is 0 Å². The van der Waals surface area contributed by atoms with E-state index >= 15 is 0 Å². The van der Waals surface area contributed by atoms with E-state index in [2.05, 4.69) is 15.9 Å². The Kier molecular flexibility index (Phi) is 3.97. The molecule has 0 heterocycles. The molecule has 2 rings (SSSR count). The maximum absolute atomic E-state index is 13.7. The van der Waals surface area contributed by atoms with Crippen molar-refractivity contribution in [1.82, 2.24) is 4.90 Å². The van der Waals surface area contributed by atoms with E-state index in [0.717, 1.165) is 12.8 Å². The van der Waals surface area contributed by atoms with Gasteiger partial charge in [-0.05, 0) is 40.9 Å². The van der Waals surface area contributed by atoms with Crippen LogP contribution in [0.1, 0.15) is 29.6 Å². The lowest BCUT2D eigenvalue weighted by molar-refractivity contribution is 0.0741. The number of nitriles is 1. The van der Waals surface area contributed by atoms with Crippen LogP contribution in [0, 0.1) is 17.1 Å². The molecule has 1 aromatic rings. The van der Waals surface area contributed by atoms with Crippen molar-refractivity contribution in [3.05, 3.63) is 34.1 Å². The summed E-state index contributed by atoms with van der Waals surface area (Å²) in [5, 5.41) is 8.61. The minimum atomic E-state index is -0.531. The fraction of sp³-hybridized carbons (Fsp3) is 0.385. The standard InChI is InChI=1S/C13H12BrFN2O/c14-10-3-1-4-11(15)12(10)13(18)17(8-2-7-16)9-5-6-9/h1,3-4,9H,2,5-6,8H2. The van der Waals surface area contributed by atoms with E-state index in [0.29, 0.717) is 11.0 Å². The van der Waals surface area contributed by atoms with Gasteiger partial charge in [0.15, 0.2) is 0 Å². The Morgan fingerprint density at radius 3 is 2.83 bits per heavy atom. The second kappa shape index (κ2) is 5.49. The molecule has 0 aromatic heterocycles. The molecule has 1 aliphatic carbocycles. The number of halogens is 2. The molecule has 0 spiro atoms. The molecule has 0 aliphatic heterocycles. The van der Waals surface area contributed by atoms with E-state index < -0.39 is 5.82 Å². The number of hydrogen-bond donors (Lipinski definition) is 0. The molecule has 1 aromatic carbocycles. The summed E-state index contributed by atoms with van der Waals surface area (Å²) >= 11 is 3.20. The maximum Gasteiger partial charge on any atom is 0.258 e. The molecule has 18 heavy (non-hydrogen) atoms. The highest BCUT2D eigenvalue weighted by Gasteiger charge is 2.34. The fourth-order valence-corrected chi connectivity index (χ4v) is 2.36. The molecule has 1 aliphatic rings. The Morgan fingerprint density at radius 1 is 1.56 bits per heavy atom. The third-order valence-corrected chi connectivity index (χ3v) is 3.55. The molecule has 0 unspecified atom stereocenters. The highest BCUT2D eigenvalue weighted by molar-refractivity contribution is 9.10. The van der Waals surface area contributed by atoms with Crippen molar-refractivity contribution in [2.75, 3.05) is 6.54 Å². The van der Waals surface area contributed by atoms with Gasteiger partial charge in [0.1, 0.15) is 5.82 Å². The van der Waals surface area contributed by atoms with Crippen LogP contribution in [0.5, 0.6) is 0 Å². The lowest BCUT2D eigenvalue weighted by Crippen LogP contribution is -2.34. The smallest absolute Gasteiger partial charge is 0.258 e. The van der Waals surface area contributed by atoms with Gasteiger partial charge in [0, 0.05) is 17.1 Å². The minimum Gasteiger partial charge on any atom is -0.335 e. The topological polar surface area (TPSA) is 44.1 Å². The van der Waals surface area contributed by atoms with E-state index in [-0.39, 0.29) is 23.9 Å². The van der Waals surface area contributed by atoms with Crippen LogP contribution >= 0.6 is 15.9 Å². The van der Waals surface area contributed by atoms with Gasteiger partial charge in [0.2, 0.25) is 0 Å². The monoisotopic (exact) mass is 310 g/mol. The largest absolute Gasteiger partial charge is 0.335 e. The number of nitrogens with zero attached hydrogens (tertiary/aromatic N) is 2. The third-order valence-electron chi connectivity index (χ3n) is 2.89. The number of carbonyl (C=O) groups excluding carboxylic acids is 1. The average Bonchev–Trinajstić information content (AvgIpc) is 3.14. The van der Waals surface area contributed by atoms with Gasteiger partial charge in [-0.1, -0.05) is 6.07 Å². The Morgan fingerprint density at radius 2 is 2.28 bits per heavy atom. The fourth-order valence-electron chi connectivity index (χ4n) is 1.85. The van der Waals surface area contributed by atoms with Crippen molar-refractivity contribution in [2.45, 2.75) is 25.3 Å². The molecule has 0 N–H and O–H groups in total. The molecule has 1 fully saturated rings. The van der Waals surface area contributed by atoms with Gasteiger partial charge >= 0.3 is 0 Å². The van der Waals surface area contributed by atoms with E-state index in [4.69, 9.17) is 5.26 Å². The second-order valence-electron chi connectivity index (χ2n) is 4.23. The summed E-state index contributed by atoms with van der Waals surface area (Å²) in [6.07, 6.45) is 2.14. The summed E-state index contributed by atoms with van der Waals surface area (Å²) in [7, 11) is 0. The summed E-state index contributed by atoms with van der Waals surface area (Å²) < 4.78 is 14.2. The van der Waals surface area contributed by atoms with Gasteiger partial charge in [-0.3, -0.25) is 4.79 Å². The summed E-state index contributed by atoms with van der Waals surface area (Å²) in [5.74, 6) is -0.866. The molecule has 0 saturated heterocycles. The lowest BCUT2D eigenvalue weighted by Gasteiger charge is -2.22. The minimum absolute atomic E-state index is 0.0577. The van der Waals surface area contributed by atoms with E-state index in [9.17, 15) is 9.18 Å². The molecule has 3 nitrogen and oxygen atoms in total.